The van der Waals surface area contributed by atoms with Crippen molar-refractivity contribution in [1.29, 1.82) is 0 Å². The summed E-state index contributed by atoms with van der Waals surface area (Å²) in [5.74, 6) is -0.105. The van der Waals surface area contributed by atoms with Gasteiger partial charge in [0.25, 0.3) is 0 Å². The topological polar surface area (TPSA) is 69.9 Å². The Bertz CT molecular complexity index is 625. The van der Waals surface area contributed by atoms with Crippen molar-refractivity contribution in [2.75, 3.05) is 6.61 Å². The van der Waals surface area contributed by atoms with Crippen molar-refractivity contribution < 1.29 is 15.0 Å². The summed E-state index contributed by atoms with van der Waals surface area (Å²) in [5, 5.41) is 20.1. The lowest BCUT2D eigenvalue weighted by molar-refractivity contribution is -0.117. The van der Waals surface area contributed by atoms with Gasteiger partial charge in [-0.05, 0) is 18.3 Å². The molecule has 0 bridgehead atoms. The Morgan fingerprint density at radius 1 is 1.26 bits per heavy atom. The molecule has 23 heavy (non-hydrogen) atoms. The minimum absolute atomic E-state index is 0.0161. The van der Waals surface area contributed by atoms with Crippen molar-refractivity contribution in [3.63, 3.8) is 0 Å². The second-order valence-corrected chi connectivity index (χ2v) is 6.85. The maximum Gasteiger partial charge on any atom is 0.168 e. The molecule has 4 nitrogen and oxygen atoms in total. The molecule has 0 amide bonds. The molecule has 1 atom stereocenters. The Morgan fingerprint density at radius 2 is 1.91 bits per heavy atom. The minimum atomic E-state index is -0.245. The fraction of sp³-hybridized carbons (Fsp3) is 0.474. The van der Waals surface area contributed by atoms with E-state index < -0.39 is 0 Å². The Hall–Kier alpha value is -1.94. The molecule has 0 aromatic heterocycles. The SMILES string of the molecule is CCC(CO)N=C1CC(C)(C)CC(=O)C1=C(O)c1ccccc1. The molecule has 1 aliphatic rings. The molecule has 124 valence electrons. The predicted octanol–water partition coefficient (Wildman–Crippen LogP) is 3.56. The highest BCUT2D eigenvalue weighted by atomic mass is 16.3. The van der Waals surface area contributed by atoms with Gasteiger partial charge in [0.2, 0.25) is 0 Å². The molecule has 4 heteroatoms. The van der Waals surface area contributed by atoms with E-state index in [1.807, 2.05) is 39.0 Å². The lowest BCUT2D eigenvalue weighted by Crippen LogP contribution is -2.33. The average Bonchev–Trinajstić information content (AvgIpc) is 2.51. The highest BCUT2D eigenvalue weighted by Gasteiger charge is 2.36. The molecule has 2 N–H and O–H groups in total. The highest BCUT2D eigenvalue weighted by molar-refractivity contribution is 6.28. The molecule has 1 unspecified atom stereocenters. The van der Waals surface area contributed by atoms with E-state index in [0.29, 0.717) is 36.1 Å². The fourth-order valence-electron chi connectivity index (χ4n) is 2.89. The number of rotatable bonds is 4. The standard InChI is InChI=1S/C19H25NO3/c1-4-14(12-21)20-15-10-19(2,3)11-16(22)17(15)18(23)13-8-6-5-7-9-13/h5-9,14,21,23H,4,10-12H2,1-3H3. The van der Waals surface area contributed by atoms with Crippen LogP contribution in [0.3, 0.4) is 0 Å². The van der Waals surface area contributed by atoms with Gasteiger partial charge in [0.05, 0.1) is 23.9 Å². The van der Waals surface area contributed by atoms with Gasteiger partial charge in [0.1, 0.15) is 5.76 Å². The van der Waals surface area contributed by atoms with Crippen molar-refractivity contribution in [2.24, 2.45) is 10.4 Å². The number of nitrogens with zero attached hydrogens (tertiary/aromatic N) is 1. The van der Waals surface area contributed by atoms with E-state index in [1.165, 1.54) is 0 Å². The molecule has 0 aliphatic heterocycles. The lowest BCUT2D eigenvalue weighted by Gasteiger charge is -2.32. The van der Waals surface area contributed by atoms with Crippen LogP contribution in [0.2, 0.25) is 0 Å². The Kier molecular flexibility index (Phi) is 5.37. The third kappa shape index (κ3) is 4.08. The summed E-state index contributed by atoms with van der Waals surface area (Å²) in [6.07, 6.45) is 1.68. The Balaban J connectivity index is 2.54. The number of carbonyl (C=O) groups is 1. The smallest absolute Gasteiger partial charge is 0.168 e. The molecule has 0 heterocycles. The van der Waals surface area contributed by atoms with Crippen LogP contribution in [-0.4, -0.2) is 34.4 Å². The number of aliphatic imine (C=N–C) groups is 1. The first-order valence-electron chi connectivity index (χ1n) is 8.07. The number of benzene rings is 1. The van der Waals surface area contributed by atoms with Crippen molar-refractivity contribution in [2.45, 2.75) is 46.1 Å². The number of hydrogen-bond donors (Lipinski definition) is 2. The minimum Gasteiger partial charge on any atom is -0.506 e. The maximum absolute atomic E-state index is 12.6. The number of ketones is 1. The molecular weight excluding hydrogens is 290 g/mol. The van der Waals surface area contributed by atoms with E-state index in [0.717, 1.165) is 0 Å². The predicted molar refractivity (Wildman–Crippen MR) is 92.6 cm³/mol. The van der Waals surface area contributed by atoms with Crippen molar-refractivity contribution in [3.05, 3.63) is 41.5 Å². The largest absolute Gasteiger partial charge is 0.506 e. The number of aliphatic hydroxyl groups is 2. The number of allylic oxidation sites excluding steroid dienone is 1. The normalized spacial score (nSPS) is 23.0. The van der Waals surface area contributed by atoms with Crippen LogP contribution in [0, 0.1) is 5.41 Å². The van der Waals surface area contributed by atoms with Crippen molar-refractivity contribution in [3.8, 4) is 0 Å². The number of aliphatic hydroxyl groups excluding tert-OH is 2. The van der Waals surface area contributed by atoms with Crippen LogP contribution in [0.25, 0.3) is 5.76 Å². The third-order valence-corrected chi connectivity index (χ3v) is 4.16. The van der Waals surface area contributed by atoms with Gasteiger partial charge >= 0.3 is 0 Å². The second kappa shape index (κ2) is 7.09. The van der Waals surface area contributed by atoms with E-state index in [2.05, 4.69) is 4.99 Å². The molecule has 0 saturated heterocycles. The monoisotopic (exact) mass is 315 g/mol. The summed E-state index contributed by atoms with van der Waals surface area (Å²) in [7, 11) is 0. The van der Waals surface area contributed by atoms with Crippen molar-refractivity contribution in [1.82, 2.24) is 0 Å². The zero-order valence-corrected chi connectivity index (χ0v) is 14.0. The van der Waals surface area contributed by atoms with Gasteiger partial charge in [-0.2, -0.15) is 0 Å². The molecule has 1 saturated carbocycles. The van der Waals surface area contributed by atoms with E-state index in [1.54, 1.807) is 12.1 Å². The molecule has 1 aromatic carbocycles. The van der Waals surface area contributed by atoms with Gasteiger partial charge in [-0.25, -0.2) is 0 Å². The molecular formula is C19H25NO3. The first-order chi connectivity index (χ1) is 10.9. The third-order valence-electron chi connectivity index (χ3n) is 4.16. The summed E-state index contributed by atoms with van der Waals surface area (Å²) in [6, 6.07) is 8.81. The summed E-state index contributed by atoms with van der Waals surface area (Å²) in [6.45, 7) is 5.93. The fourth-order valence-corrected chi connectivity index (χ4v) is 2.89. The van der Waals surface area contributed by atoms with Crippen LogP contribution in [0.1, 0.15) is 45.6 Å². The molecule has 1 aromatic rings. The van der Waals surface area contributed by atoms with Gasteiger partial charge in [-0.3, -0.25) is 9.79 Å². The van der Waals surface area contributed by atoms with Gasteiger partial charge in [-0.15, -0.1) is 0 Å². The summed E-state index contributed by atoms with van der Waals surface area (Å²) < 4.78 is 0. The molecule has 1 aliphatic carbocycles. The van der Waals surface area contributed by atoms with Crippen LogP contribution < -0.4 is 0 Å². The maximum atomic E-state index is 12.6. The summed E-state index contributed by atoms with van der Waals surface area (Å²) in [4.78, 5) is 17.2. The quantitative estimate of drug-likeness (QED) is 0.659. The zero-order chi connectivity index (χ0) is 17.0. The van der Waals surface area contributed by atoms with E-state index in [-0.39, 0.29) is 29.6 Å². The van der Waals surface area contributed by atoms with Crippen molar-refractivity contribution >= 4 is 17.3 Å². The molecule has 1 fully saturated rings. The Labute approximate surface area is 137 Å². The lowest BCUT2D eigenvalue weighted by atomic mass is 9.73. The number of carbonyl (C=O) groups excluding carboxylic acids is 1. The first-order valence-corrected chi connectivity index (χ1v) is 8.07. The first kappa shape index (κ1) is 17.4. The summed E-state index contributed by atoms with van der Waals surface area (Å²) in [5.41, 5.74) is 1.33. The van der Waals surface area contributed by atoms with Gasteiger partial charge in [-0.1, -0.05) is 51.1 Å². The molecule has 2 rings (SSSR count). The number of Topliss-reactive ketones (excluding diaryl/α,β-unsaturated/α-hetero) is 1. The van der Waals surface area contributed by atoms with E-state index in [4.69, 9.17) is 0 Å². The molecule has 0 radical (unpaired) electrons. The van der Waals surface area contributed by atoms with E-state index in [9.17, 15) is 15.0 Å². The summed E-state index contributed by atoms with van der Waals surface area (Å²) >= 11 is 0. The van der Waals surface area contributed by atoms with Crippen LogP contribution in [0.5, 0.6) is 0 Å². The van der Waals surface area contributed by atoms with Crippen LogP contribution in [0.4, 0.5) is 0 Å². The van der Waals surface area contributed by atoms with E-state index >= 15 is 0 Å². The van der Waals surface area contributed by atoms with Gasteiger partial charge < -0.3 is 10.2 Å². The van der Waals surface area contributed by atoms with Gasteiger partial charge in [0, 0.05) is 12.0 Å². The zero-order valence-electron chi connectivity index (χ0n) is 14.0. The van der Waals surface area contributed by atoms with Crippen LogP contribution in [0.15, 0.2) is 40.9 Å². The van der Waals surface area contributed by atoms with Crippen LogP contribution in [-0.2, 0) is 4.79 Å². The average molecular weight is 315 g/mol. The Morgan fingerprint density at radius 3 is 2.48 bits per heavy atom. The second-order valence-electron chi connectivity index (χ2n) is 6.85. The number of hydrogen-bond acceptors (Lipinski definition) is 4. The van der Waals surface area contributed by atoms with Gasteiger partial charge in [0.15, 0.2) is 5.78 Å². The molecule has 0 spiro atoms. The highest BCUT2D eigenvalue weighted by Crippen LogP contribution is 2.37. The van der Waals surface area contributed by atoms with Crippen LogP contribution >= 0.6 is 0 Å².